The number of halogens is 1. The first-order valence-corrected chi connectivity index (χ1v) is 8.99. The maximum atomic E-state index is 13.6. The smallest absolute Gasteiger partial charge is 0.216 e. The lowest BCUT2D eigenvalue weighted by Gasteiger charge is -2.30. The van der Waals surface area contributed by atoms with Gasteiger partial charge >= 0.3 is 0 Å². The van der Waals surface area contributed by atoms with Crippen molar-refractivity contribution in [2.45, 2.75) is 31.1 Å². The molecule has 6 heteroatoms. The number of nitrogens with one attached hydrogen (secondary N) is 1. The second-order valence-corrected chi connectivity index (χ2v) is 7.93. The molecular formula is C15H20FNO3S. The molecule has 2 aliphatic carbocycles. The zero-order valence-electron chi connectivity index (χ0n) is 11.7. The van der Waals surface area contributed by atoms with Crippen molar-refractivity contribution in [3.8, 4) is 0 Å². The third kappa shape index (κ3) is 2.98. The van der Waals surface area contributed by atoms with Crippen LogP contribution in [-0.2, 0) is 15.8 Å². The maximum Gasteiger partial charge on any atom is 0.216 e. The molecule has 1 aromatic carbocycles. The molecule has 3 rings (SSSR count). The Morgan fingerprint density at radius 3 is 2.67 bits per heavy atom. The number of aliphatic hydroxyl groups excluding tert-OH is 1. The monoisotopic (exact) mass is 313 g/mol. The highest BCUT2D eigenvalue weighted by molar-refractivity contribution is 7.88. The predicted molar refractivity (Wildman–Crippen MR) is 77.4 cm³/mol. The lowest BCUT2D eigenvalue weighted by atomic mass is 9.86. The van der Waals surface area contributed by atoms with Crippen LogP contribution in [0.2, 0.25) is 0 Å². The summed E-state index contributed by atoms with van der Waals surface area (Å²) >= 11 is 0. The molecule has 0 heterocycles. The van der Waals surface area contributed by atoms with Gasteiger partial charge in [0.2, 0.25) is 10.0 Å². The molecule has 4 atom stereocenters. The van der Waals surface area contributed by atoms with Gasteiger partial charge in [-0.15, -0.1) is 0 Å². The summed E-state index contributed by atoms with van der Waals surface area (Å²) in [4.78, 5) is 0. The lowest BCUT2D eigenvalue weighted by Crippen LogP contribution is -2.45. The first-order chi connectivity index (χ1) is 10.00. The predicted octanol–water partition coefficient (Wildman–Crippen LogP) is 1.65. The standard InChI is InChI=1S/C15H20FNO3S/c16-14-4-2-1-3-12(14)9-21(19,20)17-15-11-6-5-10(7-11)13(15)8-18/h1-4,10-11,13,15,17-18H,5-9H2. The molecule has 21 heavy (non-hydrogen) atoms. The number of rotatable bonds is 5. The average Bonchev–Trinajstić information content (AvgIpc) is 3.01. The molecular weight excluding hydrogens is 293 g/mol. The van der Waals surface area contributed by atoms with Crippen LogP contribution in [0.15, 0.2) is 24.3 Å². The third-order valence-corrected chi connectivity index (χ3v) is 6.24. The third-order valence-electron chi connectivity index (χ3n) is 4.92. The summed E-state index contributed by atoms with van der Waals surface area (Å²) in [5.41, 5.74) is 0.175. The number of fused-ring (bicyclic) bond motifs is 2. The van der Waals surface area contributed by atoms with Crippen LogP contribution in [0.3, 0.4) is 0 Å². The van der Waals surface area contributed by atoms with Gasteiger partial charge in [-0.3, -0.25) is 0 Å². The van der Waals surface area contributed by atoms with Crippen LogP contribution < -0.4 is 4.72 Å². The minimum Gasteiger partial charge on any atom is -0.396 e. The fourth-order valence-electron chi connectivity index (χ4n) is 3.93. The van der Waals surface area contributed by atoms with Crippen molar-refractivity contribution in [2.75, 3.05) is 6.61 Å². The minimum absolute atomic E-state index is 0.000791. The highest BCUT2D eigenvalue weighted by Crippen LogP contribution is 2.48. The zero-order valence-corrected chi connectivity index (χ0v) is 12.5. The van der Waals surface area contributed by atoms with Crippen molar-refractivity contribution < 1.29 is 17.9 Å². The van der Waals surface area contributed by atoms with E-state index in [1.54, 1.807) is 6.07 Å². The SMILES string of the molecule is O=S(=O)(Cc1ccccc1F)NC1C2CCC(C2)C1CO. The van der Waals surface area contributed by atoms with E-state index >= 15 is 0 Å². The Bertz CT molecular complexity index is 619. The maximum absolute atomic E-state index is 13.6. The summed E-state index contributed by atoms with van der Waals surface area (Å²) < 4.78 is 40.9. The molecule has 2 saturated carbocycles. The Morgan fingerprint density at radius 1 is 1.24 bits per heavy atom. The van der Waals surface area contributed by atoms with E-state index in [-0.39, 0.29) is 29.9 Å². The molecule has 0 saturated heterocycles. The van der Waals surface area contributed by atoms with Crippen LogP contribution in [0, 0.1) is 23.6 Å². The Labute approximate surface area is 124 Å². The lowest BCUT2D eigenvalue weighted by molar-refractivity contribution is 0.153. The van der Waals surface area contributed by atoms with Gasteiger partial charge in [-0.1, -0.05) is 18.2 Å². The van der Waals surface area contributed by atoms with Gasteiger partial charge < -0.3 is 5.11 Å². The molecule has 0 amide bonds. The van der Waals surface area contributed by atoms with Crippen molar-refractivity contribution in [1.29, 1.82) is 0 Å². The molecule has 0 spiro atoms. The summed E-state index contributed by atoms with van der Waals surface area (Å²) in [7, 11) is -3.61. The fourth-order valence-corrected chi connectivity index (χ4v) is 5.43. The Kier molecular flexibility index (Phi) is 4.03. The minimum atomic E-state index is -3.61. The number of sulfonamides is 1. The summed E-state index contributed by atoms with van der Waals surface area (Å²) in [6, 6.07) is 5.71. The van der Waals surface area contributed by atoms with Gasteiger partial charge in [-0.2, -0.15) is 0 Å². The molecule has 116 valence electrons. The molecule has 0 aromatic heterocycles. The molecule has 4 unspecified atom stereocenters. The van der Waals surface area contributed by atoms with Gasteiger partial charge in [0, 0.05) is 24.1 Å². The van der Waals surface area contributed by atoms with E-state index in [1.165, 1.54) is 18.2 Å². The van der Waals surface area contributed by atoms with E-state index < -0.39 is 15.8 Å². The number of hydrogen-bond acceptors (Lipinski definition) is 3. The van der Waals surface area contributed by atoms with Gasteiger partial charge in [0.25, 0.3) is 0 Å². The molecule has 0 radical (unpaired) electrons. The zero-order chi connectivity index (χ0) is 15.0. The molecule has 1 aromatic rings. The Hall–Kier alpha value is -0.980. The Balaban J connectivity index is 1.73. The van der Waals surface area contributed by atoms with E-state index in [0.29, 0.717) is 11.8 Å². The molecule has 0 aliphatic heterocycles. The van der Waals surface area contributed by atoms with Crippen LogP contribution in [0.4, 0.5) is 4.39 Å². The Morgan fingerprint density at radius 2 is 1.95 bits per heavy atom. The van der Waals surface area contributed by atoms with E-state index in [2.05, 4.69) is 4.72 Å². The van der Waals surface area contributed by atoms with E-state index in [1.807, 2.05) is 0 Å². The van der Waals surface area contributed by atoms with Crippen molar-refractivity contribution >= 4 is 10.0 Å². The van der Waals surface area contributed by atoms with Gasteiger partial charge in [-0.25, -0.2) is 17.5 Å². The first kappa shape index (κ1) is 14.9. The molecule has 2 fully saturated rings. The largest absolute Gasteiger partial charge is 0.396 e. The van der Waals surface area contributed by atoms with Crippen molar-refractivity contribution in [2.24, 2.45) is 17.8 Å². The number of benzene rings is 1. The quantitative estimate of drug-likeness (QED) is 0.869. The summed E-state index contributed by atoms with van der Waals surface area (Å²) in [6.07, 6.45) is 3.06. The van der Waals surface area contributed by atoms with Crippen LogP contribution in [-0.4, -0.2) is 26.2 Å². The van der Waals surface area contributed by atoms with E-state index in [0.717, 1.165) is 19.3 Å². The van der Waals surface area contributed by atoms with Crippen molar-refractivity contribution in [3.63, 3.8) is 0 Å². The normalized spacial score (nSPS) is 31.7. The van der Waals surface area contributed by atoms with Gasteiger partial charge in [0.1, 0.15) is 5.82 Å². The van der Waals surface area contributed by atoms with Crippen LogP contribution >= 0.6 is 0 Å². The van der Waals surface area contributed by atoms with Gasteiger partial charge in [0.15, 0.2) is 0 Å². The van der Waals surface area contributed by atoms with Crippen molar-refractivity contribution in [3.05, 3.63) is 35.6 Å². The summed E-state index contributed by atoms with van der Waals surface area (Å²) in [6.45, 7) is 0.00799. The first-order valence-electron chi connectivity index (χ1n) is 7.34. The molecule has 2 N–H and O–H groups in total. The average molecular weight is 313 g/mol. The summed E-state index contributed by atoms with van der Waals surface area (Å²) in [5, 5.41) is 9.49. The highest BCUT2D eigenvalue weighted by Gasteiger charge is 2.48. The van der Waals surface area contributed by atoms with Crippen LogP contribution in [0.5, 0.6) is 0 Å². The fraction of sp³-hybridized carbons (Fsp3) is 0.600. The van der Waals surface area contributed by atoms with E-state index in [9.17, 15) is 17.9 Å². The van der Waals surface area contributed by atoms with E-state index in [4.69, 9.17) is 0 Å². The second-order valence-electron chi connectivity index (χ2n) is 6.17. The van der Waals surface area contributed by atoms with Crippen molar-refractivity contribution in [1.82, 2.24) is 4.72 Å². The van der Waals surface area contributed by atoms with Crippen LogP contribution in [0.25, 0.3) is 0 Å². The molecule has 2 bridgehead atoms. The topological polar surface area (TPSA) is 66.4 Å². The van der Waals surface area contributed by atoms with Crippen LogP contribution in [0.1, 0.15) is 24.8 Å². The molecule has 4 nitrogen and oxygen atoms in total. The van der Waals surface area contributed by atoms with Gasteiger partial charge in [0.05, 0.1) is 5.75 Å². The number of hydrogen-bond donors (Lipinski definition) is 2. The second kappa shape index (κ2) is 5.66. The van der Waals surface area contributed by atoms with Gasteiger partial charge in [-0.05, 0) is 37.2 Å². The number of aliphatic hydroxyl groups is 1. The highest BCUT2D eigenvalue weighted by atomic mass is 32.2. The molecule has 2 aliphatic rings. The summed E-state index contributed by atoms with van der Waals surface area (Å²) in [5.74, 6) is -0.136.